The van der Waals surface area contributed by atoms with Crippen molar-refractivity contribution in [2.45, 2.75) is 26.4 Å². The van der Waals surface area contributed by atoms with Crippen molar-refractivity contribution in [3.63, 3.8) is 0 Å². The van der Waals surface area contributed by atoms with Crippen molar-refractivity contribution in [1.82, 2.24) is 9.78 Å². The topological polar surface area (TPSA) is 29.9 Å². The van der Waals surface area contributed by atoms with Crippen LogP contribution in [0.3, 0.4) is 0 Å². The molecule has 1 aromatic heterocycles. The summed E-state index contributed by atoms with van der Waals surface area (Å²) in [7, 11) is 0. The Morgan fingerprint density at radius 3 is 2.83 bits per heavy atom. The summed E-state index contributed by atoms with van der Waals surface area (Å²) in [6, 6.07) is 5.34. The lowest BCUT2D eigenvalue weighted by Crippen LogP contribution is -2.04. The van der Waals surface area contributed by atoms with E-state index in [9.17, 15) is 8.78 Å². The molecule has 18 heavy (non-hydrogen) atoms. The number of benzene rings is 1. The van der Waals surface area contributed by atoms with E-state index in [1.165, 1.54) is 12.1 Å². The molecule has 0 aliphatic carbocycles. The fourth-order valence-electron chi connectivity index (χ4n) is 1.67. The SMILES string of the molecule is CCCn1ccc(CNc2ccc(F)cc2F)n1. The Bertz CT molecular complexity index is 523. The van der Waals surface area contributed by atoms with Gasteiger partial charge in [-0.2, -0.15) is 5.10 Å². The number of aromatic nitrogens is 2. The standard InChI is InChI=1S/C13H15F2N3/c1-2-6-18-7-5-11(17-18)9-16-13-4-3-10(14)8-12(13)15/h3-5,7-8,16H,2,6,9H2,1H3. The van der Waals surface area contributed by atoms with Crippen molar-refractivity contribution in [3.8, 4) is 0 Å². The number of nitrogens with one attached hydrogen (secondary N) is 1. The normalized spacial score (nSPS) is 10.6. The first-order valence-corrected chi connectivity index (χ1v) is 5.90. The zero-order valence-corrected chi connectivity index (χ0v) is 10.2. The second-order valence-electron chi connectivity index (χ2n) is 4.05. The van der Waals surface area contributed by atoms with E-state index in [0.717, 1.165) is 24.7 Å². The van der Waals surface area contributed by atoms with Crippen LogP contribution < -0.4 is 5.32 Å². The van der Waals surface area contributed by atoms with Crippen molar-refractivity contribution in [1.29, 1.82) is 0 Å². The quantitative estimate of drug-likeness (QED) is 0.884. The molecule has 2 aromatic rings. The predicted molar refractivity (Wildman–Crippen MR) is 66.2 cm³/mol. The number of halogens is 2. The number of hydrogen-bond donors (Lipinski definition) is 1. The molecule has 3 nitrogen and oxygen atoms in total. The van der Waals surface area contributed by atoms with E-state index in [0.29, 0.717) is 6.54 Å². The number of rotatable bonds is 5. The average Bonchev–Trinajstić information content (AvgIpc) is 2.76. The highest BCUT2D eigenvalue weighted by Gasteiger charge is 2.04. The zero-order chi connectivity index (χ0) is 13.0. The van der Waals surface area contributed by atoms with E-state index in [1.807, 2.05) is 16.9 Å². The van der Waals surface area contributed by atoms with E-state index in [1.54, 1.807) is 0 Å². The van der Waals surface area contributed by atoms with Gasteiger partial charge in [-0.25, -0.2) is 8.78 Å². The predicted octanol–water partition coefficient (Wildman–Crippen LogP) is 3.18. The molecule has 0 bridgehead atoms. The van der Waals surface area contributed by atoms with Gasteiger partial charge in [0.05, 0.1) is 17.9 Å². The summed E-state index contributed by atoms with van der Waals surface area (Å²) >= 11 is 0. The average molecular weight is 251 g/mol. The Morgan fingerprint density at radius 1 is 1.28 bits per heavy atom. The van der Waals surface area contributed by atoms with E-state index in [2.05, 4.69) is 17.3 Å². The summed E-state index contributed by atoms with van der Waals surface area (Å²) in [5.41, 5.74) is 1.11. The molecule has 0 radical (unpaired) electrons. The van der Waals surface area contributed by atoms with Crippen molar-refractivity contribution < 1.29 is 8.78 Å². The van der Waals surface area contributed by atoms with Crippen LogP contribution >= 0.6 is 0 Å². The first kappa shape index (κ1) is 12.5. The molecule has 0 aliphatic rings. The Kier molecular flexibility index (Phi) is 3.92. The Balaban J connectivity index is 1.97. The van der Waals surface area contributed by atoms with Crippen LogP contribution in [0.25, 0.3) is 0 Å². The maximum atomic E-state index is 13.4. The van der Waals surface area contributed by atoms with Crippen molar-refractivity contribution >= 4 is 5.69 Å². The molecule has 1 N–H and O–H groups in total. The fraction of sp³-hybridized carbons (Fsp3) is 0.308. The monoisotopic (exact) mass is 251 g/mol. The molecule has 0 amide bonds. The van der Waals surface area contributed by atoms with Crippen LogP contribution in [0.2, 0.25) is 0 Å². The molecule has 5 heteroatoms. The lowest BCUT2D eigenvalue weighted by atomic mass is 10.3. The van der Waals surface area contributed by atoms with Crippen LogP contribution in [0.15, 0.2) is 30.5 Å². The van der Waals surface area contributed by atoms with Gasteiger partial charge in [0.15, 0.2) is 0 Å². The van der Waals surface area contributed by atoms with Gasteiger partial charge in [0.2, 0.25) is 0 Å². The second kappa shape index (κ2) is 5.62. The highest BCUT2D eigenvalue weighted by atomic mass is 19.1. The first-order valence-electron chi connectivity index (χ1n) is 5.90. The summed E-state index contributed by atoms with van der Waals surface area (Å²) in [5, 5.41) is 7.21. The third-order valence-electron chi connectivity index (χ3n) is 2.54. The van der Waals surface area contributed by atoms with Gasteiger partial charge >= 0.3 is 0 Å². The third kappa shape index (κ3) is 3.06. The number of anilines is 1. The van der Waals surface area contributed by atoms with Crippen molar-refractivity contribution in [3.05, 3.63) is 47.8 Å². The van der Waals surface area contributed by atoms with Crippen molar-refractivity contribution in [2.24, 2.45) is 0 Å². The molecular formula is C13H15F2N3. The molecule has 0 atom stereocenters. The van der Waals surface area contributed by atoms with E-state index < -0.39 is 11.6 Å². The van der Waals surface area contributed by atoms with Crippen LogP contribution in [0, 0.1) is 11.6 Å². The van der Waals surface area contributed by atoms with Crippen LogP contribution in [-0.2, 0) is 13.1 Å². The second-order valence-corrected chi connectivity index (χ2v) is 4.05. The third-order valence-corrected chi connectivity index (χ3v) is 2.54. The van der Waals surface area contributed by atoms with Crippen LogP contribution in [-0.4, -0.2) is 9.78 Å². The molecule has 96 valence electrons. The Labute approximate surface area is 104 Å². The minimum absolute atomic E-state index is 0.279. The first-order chi connectivity index (χ1) is 8.69. The van der Waals surface area contributed by atoms with Gasteiger partial charge < -0.3 is 5.32 Å². The molecular weight excluding hydrogens is 236 g/mol. The zero-order valence-electron chi connectivity index (χ0n) is 10.2. The molecule has 1 aromatic carbocycles. The van der Waals surface area contributed by atoms with E-state index in [-0.39, 0.29) is 5.69 Å². The molecule has 0 unspecified atom stereocenters. The number of aryl methyl sites for hydroxylation is 1. The summed E-state index contributed by atoms with van der Waals surface area (Å²) < 4.78 is 27.9. The molecule has 2 rings (SSSR count). The minimum atomic E-state index is -0.594. The molecule has 0 saturated heterocycles. The van der Waals surface area contributed by atoms with Crippen LogP contribution in [0.4, 0.5) is 14.5 Å². The van der Waals surface area contributed by atoms with Crippen LogP contribution in [0.5, 0.6) is 0 Å². The molecule has 0 saturated carbocycles. The summed E-state index contributed by atoms with van der Waals surface area (Å²) in [4.78, 5) is 0. The van der Waals surface area contributed by atoms with Gasteiger partial charge in [-0.05, 0) is 24.6 Å². The molecule has 0 aliphatic heterocycles. The van der Waals surface area contributed by atoms with Gasteiger partial charge in [0.25, 0.3) is 0 Å². The number of nitrogens with zero attached hydrogens (tertiary/aromatic N) is 2. The lowest BCUT2D eigenvalue weighted by Gasteiger charge is -2.05. The van der Waals surface area contributed by atoms with Gasteiger partial charge in [-0.3, -0.25) is 4.68 Å². The van der Waals surface area contributed by atoms with Gasteiger partial charge in [-0.1, -0.05) is 6.92 Å². The lowest BCUT2D eigenvalue weighted by molar-refractivity contribution is 0.584. The van der Waals surface area contributed by atoms with Crippen LogP contribution in [0.1, 0.15) is 19.0 Å². The molecule has 1 heterocycles. The number of hydrogen-bond acceptors (Lipinski definition) is 2. The highest BCUT2D eigenvalue weighted by molar-refractivity contribution is 5.44. The Hall–Kier alpha value is -1.91. The summed E-state index contributed by atoms with van der Waals surface area (Å²) in [5.74, 6) is -1.17. The minimum Gasteiger partial charge on any atom is -0.377 e. The maximum absolute atomic E-state index is 13.4. The largest absolute Gasteiger partial charge is 0.377 e. The maximum Gasteiger partial charge on any atom is 0.149 e. The van der Waals surface area contributed by atoms with Gasteiger partial charge in [0, 0.05) is 18.8 Å². The highest BCUT2D eigenvalue weighted by Crippen LogP contribution is 2.15. The molecule has 0 spiro atoms. The summed E-state index contributed by atoms with van der Waals surface area (Å²) in [6.45, 7) is 3.36. The van der Waals surface area contributed by atoms with Crippen molar-refractivity contribution in [2.75, 3.05) is 5.32 Å². The fourth-order valence-corrected chi connectivity index (χ4v) is 1.67. The van der Waals surface area contributed by atoms with E-state index in [4.69, 9.17) is 0 Å². The Morgan fingerprint density at radius 2 is 2.11 bits per heavy atom. The summed E-state index contributed by atoms with van der Waals surface area (Å²) in [6.07, 6.45) is 2.91. The smallest absolute Gasteiger partial charge is 0.149 e. The van der Waals surface area contributed by atoms with Gasteiger partial charge in [0.1, 0.15) is 11.6 Å². The van der Waals surface area contributed by atoms with E-state index >= 15 is 0 Å². The molecule has 0 fully saturated rings. The van der Waals surface area contributed by atoms with Gasteiger partial charge in [-0.15, -0.1) is 0 Å².